The molecular weight excluding hydrogens is 449 g/mol. The molecule has 2 aromatic heterocycles. The molecule has 35 heavy (non-hydrogen) atoms. The van der Waals surface area contributed by atoms with Crippen molar-refractivity contribution in [2.45, 2.75) is 75.3 Å². The molecule has 2 N–H and O–H groups in total. The van der Waals surface area contributed by atoms with Crippen molar-refractivity contribution < 1.29 is 9.18 Å². The molecule has 2 rings (SSSR count). The maximum atomic E-state index is 14.8. The molecule has 0 amide bonds. The first-order valence-electron chi connectivity index (χ1n) is 12.0. The van der Waals surface area contributed by atoms with Crippen molar-refractivity contribution >= 4 is 6.29 Å². The van der Waals surface area contributed by atoms with E-state index in [0.717, 1.165) is 10.6 Å². The van der Waals surface area contributed by atoms with Crippen LogP contribution in [-0.4, -0.2) is 20.8 Å². The number of H-pyrrole nitrogens is 2. The van der Waals surface area contributed by atoms with Gasteiger partial charge in [0, 0.05) is 12.1 Å². The van der Waals surface area contributed by atoms with Gasteiger partial charge >= 0.3 is 5.69 Å². The molecule has 7 nitrogen and oxygen atoms in total. The number of hydrogen-bond acceptors (Lipinski definition) is 4. The molecule has 0 aliphatic rings. The summed E-state index contributed by atoms with van der Waals surface area (Å²) in [5.74, 6) is -1.13. The summed E-state index contributed by atoms with van der Waals surface area (Å²) in [5, 5.41) is 0. The van der Waals surface area contributed by atoms with Gasteiger partial charge in [-0.1, -0.05) is 68.4 Å². The van der Waals surface area contributed by atoms with E-state index in [9.17, 15) is 23.6 Å². The van der Waals surface area contributed by atoms with Gasteiger partial charge in [-0.25, -0.2) is 4.79 Å². The Kier molecular flexibility index (Phi) is 8.19. The van der Waals surface area contributed by atoms with Crippen LogP contribution in [0.25, 0.3) is 0 Å². The van der Waals surface area contributed by atoms with Gasteiger partial charge in [-0.15, -0.1) is 0 Å². The Morgan fingerprint density at radius 1 is 0.886 bits per heavy atom. The van der Waals surface area contributed by atoms with Gasteiger partial charge in [0.2, 0.25) is 5.95 Å². The first kappa shape index (κ1) is 28.5. The number of hydrogen-bond donors (Lipinski definition) is 2. The van der Waals surface area contributed by atoms with Gasteiger partial charge in [-0.2, -0.15) is 4.39 Å². The number of aromatic nitrogens is 3. The third-order valence-electron chi connectivity index (χ3n) is 7.03. The largest absolute Gasteiger partial charge is 0.330 e. The van der Waals surface area contributed by atoms with Crippen LogP contribution in [0.1, 0.15) is 78.4 Å². The normalized spacial score (nSPS) is 15.5. The van der Waals surface area contributed by atoms with Crippen LogP contribution in [0.5, 0.6) is 0 Å². The topological polar surface area (TPSA) is 105 Å². The van der Waals surface area contributed by atoms with Crippen LogP contribution in [0, 0.1) is 39.9 Å². The highest BCUT2D eigenvalue weighted by atomic mass is 19.1. The number of rotatable bonds is 7. The minimum Gasteiger partial charge on any atom is -0.319 e. The van der Waals surface area contributed by atoms with Crippen LogP contribution in [0.4, 0.5) is 4.39 Å². The fourth-order valence-corrected chi connectivity index (χ4v) is 5.23. The van der Waals surface area contributed by atoms with Gasteiger partial charge in [0.1, 0.15) is 0 Å². The molecule has 194 valence electrons. The third kappa shape index (κ3) is 6.89. The minimum atomic E-state index is -0.867. The maximum absolute atomic E-state index is 14.8. The molecule has 0 fully saturated rings. The first-order valence-corrected chi connectivity index (χ1v) is 12.0. The molecule has 0 bridgehead atoms. The lowest BCUT2D eigenvalue weighted by Crippen LogP contribution is -2.49. The lowest BCUT2D eigenvalue weighted by atomic mass is 9.54. The minimum absolute atomic E-state index is 0.0311. The van der Waals surface area contributed by atoms with E-state index in [1.807, 2.05) is 0 Å². The van der Waals surface area contributed by atoms with E-state index in [1.54, 1.807) is 12.1 Å². The van der Waals surface area contributed by atoms with Crippen molar-refractivity contribution in [1.29, 1.82) is 0 Å². The molecule has 0 radical (unpaired) electrons. The Bertz CT molecular complexity index is 1220. The van der Waals surface area contributed by atoms with Crippen molar-refractivity contribution in [2.75, 3.05) is 0 Å². The van der Waals surface area contributed by atoms with Crippen LogP contribution in [0.15, 0.2) is 32.6 Å². The molecule has 0 spiro atoms. The van der Waals surface area contributed by atoms with Crippen LogP contribution < -0.4 is 16.8 Å². The average molecular weight is 490 g/mol. The number of carbonyl (C=O) groups is 1. The molecule has 0 aliphatic carbocycles. The van der Waals surface area contributed by atoms with E-state index in [1.165, 1.54) is 0 Å². The Morgan fingerprint density at radius 2 is 1.46 bits per heavy atom. The van der Waals surface area contributed by atoms with Gasteiger partial charge in [0.05, 0.1) is 11.8 Å². The lowest BCUT2D eigenvalue weighted by molar-refractivity contribution is -0.0280. The van der Waals surface area contributed by atoms with Gasteiger partial charge < -0.3 is 4.98 Å². The highest BCUT2D eigenvalue weighted by Crippen LogP contribution is 2.51. The molecule has 0 saturated heterocycles. The van der Waals surface area contributed by atoms with Crippen molar-refractivity contribution in [2.24, 2.45) is 34.0 Å². The van der Waals surface area contributed by atoms with Crippen LogP contribution in [-0.2, 0) is 13.0 Å². The Labute approximate surface area is 206 Å². The van der Waals surface area contributed by atoms with E-state index in [4.69, 9.17) is 0 Å². The quantitative estimate of drug-likeness (QED) is 0.444. The monoisotopic (exact) mass is 489 g/mol. The summed E-state index contributed by atoms with van der Waals surface area (Å²) < 4.78 is 15.8. The lowest BCUT2D eigenvalue weighted by Gasteiger charge is -2.51. The van der Waals surface area contributed by atoms with Gasteiger partial charge in [0.25, 0.3) is 11.1 Å². The van der Waals surface area contributed by atoms with Crippen LogP contribution in [0.3, 0.4) is 0 Å². The number of halogens is 1. The zero-order valence-corrected chi connectivity index (χ0v) is 22.4. The molecule has 3 atom stereocenters. The number of aldehydes is 1. The Hall–Kier alpha value is -2.77. The second kappa shape index (κ2) is 10.1. The molecule has 0 saturated carbocycles. The predicted molar refractivity (Wildman–Crippen MR) is 136 cm³/mol. The highest BCUT2D eigenvalue weighted by molar-refractivity contribution is 5.71. The second-order valence-corrected chi connectivity index (χ2v) is 12.8. The van der Waals surface area contributed by atoms with Gasteiger partial charge in [-0.3, -0.25) is 23.9 Å². The molecule has 2 heterocycles. The van der Waals surface area contributed by atoms with Crippen molar-refractivity contribution in [3.05, 3.63) is 66.6 Å². The van der Waals surface area contributed by atoms with E-state index in [0.29, 0.717) is 18.3 Å². The molecular formula is C27H40FN3O4. The van der Waals surface area contributed by atoms with E-state index in [2.05, 4.69) is 72.3 Å². The summed E-state index contributed by atoms with van der Waals surface area (Å²) in [6.45, 7) is 19.0. The van der Waals surface area contributed by atoms with Crippen molar-refractivity contribution in [3.63, 3.8) is 0 Å². The fraction of sp³-hybridized carbons (Fsp3) is 0.630. The highest BCUT2D eigenvalue weighted by Gasteiger charge is 2.47. The zero-order valence-electron chi connectivity index (χ0n) is 22.4. The summed E-state index contributed by atoms with van der Waals surface area (Å²) in [4.78, 5) is 52.8. The number of pyridine rings is 1. The summed E-state index contributed by atoms with van der Waals surface area (Å²) in [5.41, 5.74) is -1.90. The number of nitrogens with one attached hydrogen (secondary N) is 2. The van der Waals surface area contributed by atoms with E-state index < -0.39 is 17.2 Å². The Balaban J connectivity index is 2.71. The van der Waals surface area contributed by atoms with Gasteiger partial charge in [-0.05, 0) is 46.5 Å². The van der Waals surface area contributed by atoms with Crippen LogP contribution in [0.2, 0.25) is 0 Å². The molecule has 0 aromatic carbocycles. The number of nitrogens with zero attached hydrogens (tertiary/aromatic N) is 1. The third-order valence-corrected chi connectivity index (χ3v) is 7.03. The summed E-state index contributed by atoms with van der Waals surface area (Å²) in [6, 6.07) is 4.09. The fourth-order valence-electron chi connectivity index (χ4n) is 5.23. The van der Waals surface area contributed by atoms with Gasteiger partial charge in [0.15, 0.2) is 6.29 Å². The Morgan fingerprint density at radius 3 is 1.89 bits per heavy atom. The summed E-state index contributed by atoms with van der Waals surface area (Å²) in [6.07, 6.45) is 1.06. The smallest absolute Gasteiger partial charge is 0.319 e. The SMILES string of the molecule is CC(C)(C)C(Cc1ccc(C=O)[nH]c1=O)C(C(Cn1c(F)cc(=O)[nH]c1=O)C(C)(C)C)C(C)(C)C. The van der Waals surface area contributed by atoms with Crippen molar-refractivity contribution in [3.8, 4) is 0 Å². The van der Waals surface area contributed by atoms with E-state index in [-0.39, 0.29) is 51.8 Å². The maximum Gasteiger partial charge on any atom is 0.330 e. The molecule has 3 unspecified atom stereocenters. The van der Waals surface area contributed by atoms with E-state index >= 15 is 0 Å². The predicted octanol–water partition coefficient (Wildman–Crippen LogP) is 4.41. The molecule has 8 heteroatoms. The van der Waals surface area contributed by atoms with Crippen LogP contribution >= 0.6 is 0 Å². The number of carbonyl (C=O) groups excluding carboxylic acids is 1. The average Bonchev–Trinajstić information content (AvgIpc) is 2.66. The van der Waals surface area contributed by atoms with Crippen molar-refractivity contribution in [1.82, 2.24) is 14.5 Å². The molecule has 2 aromatic rings. The first-order chi connectivity index (χ1) is 15.9. The summed E-state index contributed by atoms with van der Waals surface area (Å²) in [7, 11) is 0. The second-order valence-electron chi connectivity index (χ2n) is 12.8. The zero-order chi connectivity index (χ0) is 26.9. The number of aromatic amines is 2. The molecule has 0 aliphatic heterocycles. The standard InChI is InChI=1S/C27H40FN3O4/c1-25(2,3)18(12-16-10-11-17(15-32)29-23(16)34)22(27(7,8)9)19(26(4,5)6)14-31-20(28)13-21(33)30-24(31)35/h10-11,13,15,18-19,22H,12,14H2,1-9H3,(H,29,34)(H,30,33,35). The summed E-state index contributed by atoms with van der Waals surface area (Å²) >= 11 is 0.